The number of aryl methyl sites for hydroxylation is 1. The topological polar surface area (TPSA) is 105 Å². The summed E-state index contributed by atoms with van der Waals surface area (Å²) in [6.45, 7) is 1.54. The Morgan fingerprint density at radius 1 is 1.43 bits per heavy atom. The van der Waals surface area contributed by atoms with Gasteiger partial charge in [-0.15, -0.1) is 0 Å². The van der Waals surface area contributed by atoms with Crippen LogP contribution in [0.3, 0.4) is 0 Å². The van der Waals surface area contributed by atoms with E-state index < -0.39 is 40.5 Å². The third kappa shape index (κ3) is 1.47. The summed E-state index contributed by atoms with van der Waals surface area (Å²) in [6, 6.07) is 0. The van der Waals surface area contributed by atoms with E-state index in [0.29, 0.717) is 5.56 Å². The van der Waals surface area contributed by atoms with Crippen LogP contribution >= 0.6 is 0 Å². The van der Waals surface area contributed by atoms with Crippen LogP contribution in [0, 0.1) is 6.92 Å². The third-order valence-corrected chi connectivity index (χ3v) is 4.99. The molecule has 0 aromatic carbocycles. The van der Waals surface area contributed by atoms with Gasteiger partial charge >= 0.3 is 5.69 Å². The highest BCUT2D eigenvalue weighted by atomic mass is 19.1. The maximum atomic E-state index is 14.2. The molecule has 2 aliphatic carbocycles. The molecule has 0 unspecified atom stereocenters. The Kier molecular flexibility index (Phi) is 2.16. The number of aromatic nitrogens is 2. The van der Waals surface area contributed by atoms with E-state index in [9.17, 15) is 24.2 Å². The molecule has 7 nitrogen and oxygen atoms in total. The number of nitrogens with one attached hydrogen (secondary N) is 1. The van der Waals surface area contributed by atoms with Crippen molar-refractivity contribution in [1.82, 2.24) is 9.55 Å². The summed E-state index contributed by atoms with van der Waals surface area (Å²) in [5.74, 6) is 0. The Bertz CT molecular complexity index is 760. The minimum absolute atomic E-state index is 0.00294. The van der Waals surface area contributed by atoms with Crippen LogP contribution in [0.2, 0.25) is 0 Å². The van der Waals surface area contributed by atoms with Crippen molar-refractivity contribution in [2.75, 3.05) is 0 Å². The molecule has 8 heteroatoms. The van der Waals surface area contributed by atoms with Gasteiger partial charge in [-0.2, -0.15) is 0 Å². The third-order valence-electron chi connectivity index (χ3n) is 4.99. The van der Waals surface area contributed by atoms with Gasteiger partial charge in [0.25, 0.3) is 5.56 Å². The van der Waals surface area contributed by atoms with Crippen LogP contribution in [0.5, 0.6) is 0 Å². The molecule has 0 radical (unpaired) electrons. The standard InChI is InChI=1S/C13H15FN2O5/c1-6-3-16(10(18)15-8(6)17)7-2-11(19)4-12(14)5-13(12,20)9(11)21-7/h3,7,9,19-20H,2,4-5H2,1H3,(H,15,17,18)/t7-,9+,11-,12+,13+/m1/s1. The fraction of sp³-hybridized carbons (Fsp3) is 0.692. The number of ether oxygens (including phenoxy) is 1. The summed E-state index contributed by atoms with van der Waals surface area (Å²) in [4.78, 5) is 25.4. The van der Waals surface area contributed by atoms with Gasteiger partial charge in [-0.05, 0) is 6.92 Å². The SMILES string of the molecule is Cc1cn([C@H]2C[C@@]3(O)C[C@]4(F)C[C@]4(O)[C@H]3O2)c(=O)[nH]c1=O. The average Bonchev–Trinajstić information content (AvgIpc) is 2.67. The molecule has 3 N–H and O–H groups in total. The van der Waals surface area contributed by atoms with Crippen molar-refractivity contribution in [2.45, 2.75) is 55.4 Å². The van der Waals surface area contributed by atoms with Gasteiger partial charge in [0.05, 0.1) is 0 Å². The van der Waals surface area contributed by atoms with Crippen LogP contribution in [0.4, 0.5) is 4.39 Å². The van der Waals surface area contributed by atoms with E-state index in [0.717, 1.165) is 0 Å². The number of hydrogen-bond acceptors (Lipinski definition) is 5. The molecule has 4 rings (SSSR count). The number of rotatable bonds is 1. The summed E-state index contributed by atoms with van der Waals surface area (Å²) in [7, 11) is 0. The largest absolute Gasteiger partial charge is 0.387 e. The lowest BCUT2D eigenvalue weighted by Gasteiger charge is -2.24. The molecule has 3 aliphatic rings. The Morgan fingerprint density at radius 3 is 2.81 bits per heavy atom. The van der Waals surface area contributed by atoms with Crippen LogP contribution in [0.25, 0.3) is 0 Å². The van der Waals surface area contributed by atoms with Gasteiger partial charge in [-0.1, -0.05) is 0 Å². The monoisotopic (exact) mass is 298 g/mol. The van der Waals surface area contributed by atoms with Gasteiger partial charge < -0.3 is 14.9 Å². The highest BCUT2D eigenvalue weighted by molar-refractivity contribution is 5.34. The van der Waals surface area contributed by atoms with Crippen LogP contribution in [0.1, 0.15) is 31.1 Å². The molecule has 0 bridgehead atoms. The van der Waals surface area contributed by atoms with Crippen molar-refractivity contribution in [3.63, 3.8) is 0 Å². The van der Waals surface area contributed by atoms with E-state index in [-0.39, 0.29) is 19.3 Å². The summed E-state index contributed by atoms with van der Waals surface area (Å²) >= 11 is 0. The lowest BCUT2D eigenvalue weighted by atomic mass is 9.92. The number of H-pyrrole nitrogens is 1. The molecule has 5 atom stereocenters. The first kappa shape index (κ1) is 13.2. The molecule has 1 aromatic rings. The second-order valence-corrected chi connectivity index (χ2v) is 6.50. The zero-order chi connectivity index (χ0) is 15.2. The number of fused-ring (bicyclic) bond motifs is 3. The minimum atomic E-state index is -1.79. The van der Waals surface area contributed by atoms with Gasteiger partial charge in [0.2, 0.25) is 0 Å². The predicted octanol–water partition coefficient (Wildman–Crippen LogP) is -0.890. The molecule has 0 spiro atoms. The summed E-state index contributed by atoms with van der Waals surface area (Å²) in [5, 5.41) is 20.7. The van der Waals surface area contributed by atoms with Gasteiger partial charge in [0.1, 0.15) is 29.2 Å². The van der Waals surface area contributed by atoms with Gasteiger partial charge in [-0.3, -0.25) is 14.3 Å². The van der Waals surface area contributed by atoms with Crippen molar-refractivity contribution in [3.05, 3.63) is 32.6 Å². The van der Waals surface area contributed by atoms with E-state index in [1.165, 1.54) is 10.8 Å². The molecular weight excluding hydrogens is 283 g/mol. The number of aromatic amines is 1. The molecule has 114 valence electrons. The number of alkyl halides is 1. The quantitative estimate of drug-likeness (QED) is 0.624. The highest BCUT2D eigenvalue weighted by Gasteiger charge is 2.85. The van der Waals surface area contributed by atoms with E-state index in [2.05, 4.69) is 4.98 Å². The fourth-order valence-electron chi connectivity index (χ4n) is 3.84. The predicted molar refractivity (Wildman–Crippen MR) is 67.6 cm³/mol. The lowest BCUT2D eigenvalue weighted by molar-refractivity contribution is -0.109. The summed E-state index contributed by atoms with van der Waals surface area (Å²) in [5.41, 5.74) is -5.77. The molecule has 1 aromatic heterocycles. The Morgan fingerprint density at radius 2 is 2.14 bits per heavy atom. The average molecular weight is 298 g/mol. The second-order valence-electron chi connectivity index (χ2n) is 6.50. The summed E-state index contributed by atoms with van der Waals surface area (Å²) in [6.07, 6.45) is -0.808. The van der Waals surface area contributed by atoms with Crippen molar-refractivity contribution >= 4 is 0 Å². The molecule has 0 amide bonds. The second kappa shape index (κ2) is 3.45. The van der Waals surface area contributed by atoms with Crippen molar-refractivity contribution in [3.8, 4) is 0 Å². The Labute approximate surface area is 118 Å². The first-order valence-corrected chi connectivity index (χ1v) is 6.80. The van der Waals surface area contributed by atoms with Gasteiger partial charge in [-0.25, -0.2) is 9.18 Å². The molecule has 1 saturated heterocycles. The van der Waals surface area contributed by atoms with Crippen molar-refractivity contribution < 1.29 is 19.3 Å². The number of hydrogen-bond donors (Lipinski definition) is 3. The molecule has 2 saturated carbocycles. The molecule has 1 aliphatic heterocycles. The molecule has 3 fully saturated rings. The smallest absolute Gasteiger partial charge is 0.330 e. The first-order chi connectivity index (χ1) is 9.68. The molecule has 21 heavy (non-hydrogen) atoms. The molecule has 2 heterocycles. The van der Waals surface area contributed by atoms with E-state index in [4.69, 9.17) is 4.74 Å². The van der Waals surface area contributed by atoms with Gasteiger partial charge in [0, 0.05) is 31.0 Å². The zero-order valence-electron chi connectivity index (χ0n) is 11.3. The highest BCUT2D eigenvalue weighted by Crippen LogP contribution is 2.69. The minimum Gasteiger partial charge on any atom is -0.387 e. The van der Waals surface area contributed by atoms with E-state index in [1.54, 1.807) is 6.92 Å². The van der Waals surface area contributed by atoms with Crippen molar-refractivity contribution in [1.29, 1.82) is 0 Å². The van der Waals surface area contributed by atoms with E-state index >= 15 is 0 Å². The summed E-state index contributed by atoms with van der Waals surface area (Å²) < 4.78 is 20.9. The van der Waals surface area contributed by atoms with E-state index in [1.807, 2.05) is 0 Å². The van der Waals surface area contributed by atoms with Crippen LogP contribution < -0.4 is 11.2 Å². The molecular formula is C13H15FN2O5. The number of aliphatic hydroxyl groups is 2. The Balaban J connectivity index is 1.71. The van der Waals surface area contributed by atoms with Crippen molar-refractivity contribution in [2.24, 2.45) is 0 Å². The van der Waals surface area contributed by atoms with Crippen LogP contribution in [-0.2, 0) is 4.74 Å². The fourth-order valence-corrected chi connectivity index (χ4v) is 3.84. The first-order valence-electron chi connectivity index (χ1n) is 6.80. The zero-order valence-corrected chi connectivity index (χ0v) is 11.3. The van der Waals surface area contributed by atoms with Crippen LogP contribution in [-0.4, -0.2) is 42.7 Å². The normalized spacial score (nSPS) is 47.2. The number of halogens is 1. The van der Waals surface area contributed by atoms with Gasteiger partial charge in [0.15, 0.2) is 0 Å². The van der Waals surface area contributed by atoms with Crippen LogP contribution in [0.15, 0.2) is 15.8 Å². The maximum absolute atomic E-state index is 14.2. The Hall–Kier alpha value is -1.51. The lowest BCUT2D eigenvalue weighted by Crippen LogP contribution is -2.42. The number of nitrogens with zero attached hydrogens (tertiary/aromatic N) is 1. The maximum Gasteiger partial charge on any atom is 0.330 e.